The van der Waals surface area contributed by atoms with Crippen LogP contribution < -0.4 is 11.4 Å². The lowest BCUT2D eigenvalue weighted by molar-refractivity contribution is 0.849. The number of hydrogen-bond donors (Lipinski definition) is 2. The average molecular weight is 460 g/mol. The smallest absolute Gasteiger partial charge is 0.263 e. The second-order valence-corrected chi connectivity index (χ2v) is 8.77. The van der Waals surface area contributed by atoms with Crippen LogP contribution in [0.2, 0.25) is 5.02 Å². The van der Waals surface area contributed by atoms with Gasteiger partial charge in [-0.2, -0.15) is 0 Å². The number of nitrogens with two attached hydrogens (primary N) is 1. The summed E-state index contributed by atoms with van der Waals surface area (Å²) in [6, 6.07) is 23.0. The van der Waals surface area contributed by atoms with Crippen LogP contribution in [0.25, 0.3) is 33.4 Å². The molecule has 0 spiro atoms. The molecule has 2 heterocycles. The lowest BCUT2D eigenvalue weighted by atomic mass is 10.0. The van der Waals surface area contributed by atoms with E-state index < -0.39 is 0 Å². The third-order valence-corrected chi connectivity index (χ3v) is 6.45. The van der Waals surface area contributed by atoms with Crippen molar-refractivity contribution < 1.29 is 0 Å². The van der Waals surface area contributed by atoms with Crippen LogP contribution in [0, 0.1) is 6.92 Å². The Bertz CT molecular complexity index is 1490. The topological polar surface area (TPSA) is 89.6 Å². The quantitative estimate of drug-likeness (QED) is 0.357. The molecule has 6 nitrogen and oxygen atoms in total. The van der Waals surface area contributed by atoms with Gasteiger partial charge >= 0.3 is 0 Å². The molecule has 32 heavy (non-hydrogen) atoms. The molecule has 0 fully saturated rings. The van der Waals surface area contributed by atoms with E-state index in [0.717, 1.165) is 27.6 Å². The summed E-state index contributed by atoms with van der Waals surface area (Å²) >= 11 is 7.47. The molecule has 3 aromatic carbocycles. The Hall–Kier alpha value is -3.55. The Morgan fingerprint density at radius 3 is 2.47 bits per heavy atom. The van der Waals surface area contributed by atoms with Crippen LogP contribution in [0.3, 0.4) is 0 Å². The van der Waals surface area contributed by atoms with Crippen LogP contribution in [0.5, 0.6) is 0 Å². The van der Waals surface area contributed by atoms with E-state index in [4.69, 9.17) is 17.4 Å². The van der Waals surface area contributed by atoms with Crippen molar-refractivity contribution in [2.24, 2.45) is 0 Å². The minimum absolute atomic E-state index is 0.233. The highest BCUT2D eigenvalue weighted by molar-refractivity contribution is 7.99. The maximum atomic E-state index is 13.1. The van der Waals surface area contributed by atoms with Gasteiger partial charge in [0.2, 0.25) is 5.16 Å². The number of halogens is 1. The molecule has 0 aliphatic rings. The third-order valence-electron chi connectivity index (χ3n) is 5.16. The zero-order valence-corrected chi connectivity index (χ0v) is 18.6. The van der Waals surface area contributed by atoms with E-state index in [9.17, 15) is 4.79 Å². The molecule has 0 bridgehead atoms. The first-order valence-corrected chi connectivity index (χ1v) is 11.1. The summed E-state index contributed by atoms with van der Waals surface area (Å²) in [5.41, 5.74) is 4.13. The fourth-order valence-electron chi connectivity index (χ4n) is 3.57. The molecule has 2 aromatic heterocycles. The number of benzene rings is 3. The summed E-state index contributed by atoms with van der Waals surface area (Å²) in [4.78, 5) is 16.6. The van der Waals surface area contributed by atoms with Crippen LogP contribution in [0.1, 0.15) is 5.56 Å². The van der Waals surface area contributed by atoms with Gasteiger partial charge in [0.25, 0.3) is 5.56 Å². The first-order valence-electron chi connectivity index (χ1n) is 9.87. The first kappa shape index (κ1) is 20.4. The van der Waals surface area contributed by atoms with Crippen molar-refractivity contribution in [2.45, 2.75) is 17.0 Å². The lowest BCUT2D eigenvalue weighted by Crippen LogP contribution is -2.14. The Balaban J connectivity index is 1.68. The van der Waals surface area contributed by atoms with Crippen LogP contribution in [0.4, 0.5) is 0 Å². The summed E-state index contributed by atoms with van der Waals surface area (Å²) in [5.74, 6) is 6.86. The lowest BCUT2D eigenvalue weighted by Gasteiger charge is -2.13. The van der Waals surface area contributed by atoms with E-state index in [1.807, 2.05) is 67.6 Å². The SMILES string of the molecule is Cc1ccc(-c2nnc(Sc3c(-c4ccccc4)c4cc(Cl)ccc4[nH]c3=O)n2N)cc1. The largest absolute Gasteiger partial charge is 0.335 e. The normalized spacial score (nSPS) is 11.2. The van der Waals surface area contributed by atoms with Gasteiger partial charge in [-0.1, -0.05) is 71.8 Å². The zero-order valence-electron chi connectivity index (χ0n) is 17.0. The van der Waals surface area contributed by atoms with Crippen molar-refractivity contribution in [1.82, 2.24) is 19.9 Å². The Labute approximate surface area is 193 Å². The predicted octanol–water partition coefficient (Wildman–Crippen LogP) is 5.28. The highest BCUT2D eigenvalue weighted by Gasteiger charge is 2.20. The van der Waals surface area contributed by atoms with Gasteiger partial charge in [-0.15, -0.1) is 10.2 Å². The van der Waals surface area contributed by atoms with Gasteiger partial charge in [0.15, 0.2) is 5.82 Å². The highest BCUT2D eigenvalue weighted by Crippen LogP contribution is 2.38. The predicted molar refractivity (Wildman–Crippen MR) is 129 cm³/mol. The monoisotopic (exact) mass is 459 g/mol. The van der Waals surface area contributed by atoms with Gasteiger partial charge in [-0.05, 0) is 42.4 Å². The van der Waals surface area contributed by atoms with Gasteiger partial charge < -0.3 is 10.8 Å². The maximum Gasteiger partial charge on any atom is 0.263 e. The Morgan fingerprint density at radius 2 is 1.72 bits per heavy atom. The number of rotatable bonds is 4. The minimum atomic E-state index is -0.233. The Morgan fingerprint density at radius 1 is 0.969 bits per heavy atom. The molecular weight excluding hydrogens is 442 g/mol. The van der Waals surface area contributed by atoms with Crippen molar-refractivity contribution in [1.29, 1.82) is 0 Å². The van der Waals surface area contributed by atoms with Crippen LogP contribution >= 0.6 is 23.4 Å². The maximum absolute atomic E-state index is 13.1. The molecule has 0 aliphatic heterocycles. The minimum Gasteiger partial charge on any atom is -0.335 e. The number of aromatic amines is 1. The molecule has 158 valence electrons. The zero-order chi connectivity index (χ0) is 22.2. The average Bonchev–Trinajstić information content (AvgIpc) is 3.16. The standard InChI is InChI=1S/C24H18ClN5OS/c1-14-7-9-16(10-8-14)22-28-29-24(30(22)26)32-21-20(15-5-3-2-4-6-15)18-13-17(25)11-12-19(18)27-23(21)31/h2-13H,26H2,1H3,(H,27,31). The number of fused-ring (bicyclic) bond motifs is 1. The summed E-state index contributed by atoms with van der Waals surface area (Å²) in [5, 5.41) is 10.3. The molecule has 0 saturated heterocycles. The second-order valence-electron chi connectivity index (χ2n) is 7.36. The van der Waals surface area contributed by atoms with Gasteiger partial charge in [0.1, 0.15) is 0 Å². The van der Waals surface area contributed by atoms with Crippen LogP contribution in [0.15, 0.2) is 87.6 Å². The molecule has 0 amide bonds. The number of nitrogens with zero attached hydrogens (tertiary/aromatic N) is 3. The summed E-state index contributed by atoms with van der Waals surface area (Å²) in [6.45, 7) is 2.02. The number of aryl methyl sites for hydroxylation is 1. The molecule has 0 aliphatic carbocycles. The second kappa shape index (κ2) is 8.18. The molecule has 0 radical (unpaired) electrons. The van der Waals surface area contributed by atoms with E-state index >= 15 is 0 Å². The van der Waals surface area contributed by atoms with Gasteiger partial charge in [0.05, 0.1) is 4.90 Å². The molecular formula is C24H18ClN5OS. The number of hydrogen-bond acceptors (Lipinski definition) is 5. The number of H-pyrrole nitrogens is 1. The molecule has 5 rings (SSSR count). The Kier molecular flexibility index (Phi) is 5.20. The van der Waals surface area contributed by atoms with E-state index in [-0.39, 0.29) is 5.56 Å². The van der Waals surface area contributed by atoms with Gasteiger partial charge in [-0.3, -0.25) is 4.79 Å². The summed E-state index contributed by atoms with van der Waals surface area (Å²) in [7, 11) is 0. The summed E-state index contributed by atoms with van der Waals surface area (Å²) < 4.78 is 1.41. The highest BCUT2D eigenvalue weighted by atomic mass is 35.5. The molecule has 0 saturated carbocycles. The fourth-order valence-corrected chi connectivity index (χ4v) is 4.67. The molecule has 0 unspecified atom stereocenters. The van der Waals surface area contributed by atoms with E-state index in [0.29, 0.717) is 26.4 Å². The van der Waals surface area contributed by atoms with E-state index in [1.54, 1.807) is 12.1 Å². The third kappa shape index (κ3) is 3.66. The number of nitrogens with one attached hydrogen (secondary N) is 1. The van der Waals surface area contributed by atoms with Crippen molar-refractivity contribution in [2.75, 3.05) is 5.84 Å². The molecule has 3 N–H and O–H groups in total. The van der Waals surface area contributed by atoms with Gasteiger partial charge in [0, 0.05) is 27.1 Å². The first-order chi connectivity index (χ1) is 15.5. The van der Waals surface area contributed by atoms with Crippen molar-refractivity contribution in [3.63, 3.8) is 0 Å². The van der Waals surface area contributed by atoms with Gasteiger partial charge in [-0.25, -0.2) is 4.68 Å². The van der Waals surface area contributed by atoms with Crippen LogP contribution in [-0.2, 0) is 0 Å². The number of nitrogen functional groups attached to an aromatic ring is 1. The van der Waals surface area contributed by atoms with Crippen LogP contribution in [-0.4, -0.2) is 19.9 Å². The van der Waals surface area contributed by atoms with E-state index in [1.165, 1.54) is 16.4 Å². The van der Waals surface area contributed by atoms with Crippen molar-refractivity contribution >= 4 is 34.3 Å². The fraction of sp³-hybridized carbons (Fsp3) is 0.0417. The summed E-state index contributed by atoms with van der Waals surface area (Å²) in [6.07, 6.45) is 0. The van der Waals surface area contributed by atoms with Crippen molar-refractivity contribution in [3.8, 4) is 22.5 Å². The molecule has 0 atom stereocenters. The molecule has 8 heteroatoms. The molecule has 5 aromatic rings. The van der Waals surface area contributed by atoms with Crippen molar-refractivity contribution in [3.05, 3.63) is 93.7 Å². The number of pyridine rings is 1. The van der Waals surface area contributed by atoms with E-state index in [2.05, 4.69) is 15.2 Å². The number of aromatic nitrogens is 4.